The van der Waals surface area contributed by atoms with Crippen LogP contribution in [0.1, 0.15) is 24.2 Å². The van der Waals surface area contributed by atoms with Gasteiger partial charge in [0.15, 0.2) is 0 Å². The summed E-state index contributed by atoms with van der Waals surface area (Å²) in [7, 11) is 0. The highest BCUT2D eigenvalue weighted by Gasteiger charge is 2.16. The molecule has 1 fully saturated rings. The minimum Gasteiger partial charge on any atom is -0.469 e. The van der Waals surface area contributed by atoms with Crippen molar-refractivity contribution in [3.63, 3.8) is 0 Å². The highest BCUT2D eigenvalue weighted by molar-refractivity contribution is 7.99. The lowest BCUT2D eigenvalue weighted by Crippen LogP contribution is -3.08. The molecule has 7 nitrogen and oxygen atoms in total. The Labute approximate surface area is 167 Å². The predicted octanol–water partition coefficient (Wildman–Crippen LogP) is 2.55. The molecule has 3 heterocycles. The fourth-order valence-electron chi connectivity index (χ4n) is 3.35. The molecule has 1 aliphatic heterocycles. The molecule has 1 saturated heterocycles. The van der Waals surface area contributed by atoms with E-state index in [4.69, 9.17) is 8.83 Å². The number of anilines is 1. The van der Waals surface area contributed by atoms with E-state index in [2.05, 4.69) is 27.6 Å². The Kier molecular flexibility index (Phi) is 5.78. The summed E-state index contributed by atoms with van der Waals surface area (Å²) in [4.78, 5) is 13.8. The van der Waals surface area contributed by atoms with Crippen LogP contribution in [0.3, 0.4) is 0 Å². The molecule has 3 aromatic rings. The third-order valence-electron chi connectivity index (χ3n) is 4.82. The first-order valence-electron chi connectivity index (χ1n) is 9.40. The minimum absolute atomic E-state index is 0.109. The van der Waals surface area contributed by atoms with Crippen molar-refractivity contribution in [1.29, 1.82) is 0 Å². The third-order valence-corrected chi connectivity index (χ3v) is 5.64. The predicted molar refractivity (Wildman–Crippen MR) is 106 cm³/mol. The Hall–Kier alpha value is -2.58. The van der Waals surface area contributed by atoms with E-state index in [0.717, 1.165) is 17.8 Å². The van der Waals surface area contributed by atoms with Crippen LogP contribution in [0, 0.1) is 6.92 Å². The smallest absolute Gasteiger partial charge is 0.277 e. The summed E-state index contributed by atoms with van der Waals surface area (Å²) in [5, 5.41) is 11.2. The largest absolute Gasteiger partial charge is 0.469 e. The van der Waals surface area contributed by atoms with Crippen molar-refractivity contribution in [3.8, 4) is 11.5 Å². The molecular weight excluding hydrogens is 376 g/mol. The van der Waals surface area contributed by atoms with Gasteiger partial charge in [-0.2, -0.15) is 0 Å². The molecule has 0 saturated carbocycles. The monoisotopic (exact) mass is 399 g/mol. The van der Waals surface area contributed by atoms with E-state index in [1.54, 1.807) is 17.2 Å². The van der Waals surface area contributed by atoms with Gasteiger partial charge in [-0.05, 0) is 25.1 Å². The minimum atomic E-state index is -0.109. The van der Waals surface area contributed by atoms with Crippen molar-refractivity contribution in [3.05, 3.63) is 47.9 Å². The second-order valence-corrected chi connectivity index (χ2v) is 7.86. The lowest BCUT2D eigenvalue weighted by Gasteiger charge is -2.12. The van der Waals surface area contributed by atoms with Crippen molar-refractivity contribution in [2.45, 2.75) is 31.5 Å². The van der Waals surface area contributed by atoms with E-state index in [9.17, 15) is 4.79 Å². The van der Waals surface area contributed by atoms with Crippen molar-refractivity contribution < 1.29 is 18.5 Å². The number of thioether (sulfide) groups is 1. The van der Waals surface area contributed by atoms with Gasteiger partial charge in [0.25, 0.3) is 11.1 Å². The van der Waals surface area contributed by atoms with Crippen molar-refractivity contribution in [2.24, 2.45) is 0 Å². The van der Waals surface area contributed by atoms with Crippen molar-refractivity contribution in [2.75, 3.05) is 24.2 Å². The summed E-state index contributed by atoms with van der Waals surface area (Å²) in [6.07, 6.45) is 4.22. The number of amides is 1. The summed E-state index contributed by atoms with van der Waals surface area (Å²) >= 11 is 1.21. The Balaban J connectivity index is 1.26. The number of quaternary nitrogens is 1. The normalized spacial score (nSPS) is 14.5. The zero-order valence-electron chi connectivity index (χ0n) is 15.7. The van der Waals surface area contributed by atoms with E-state index < -0.39 is 0 Å². The van der Waals surface area contributed by atoms with Crippen LogP contribution >= 0.6 is 11.8 Å². The van der Waals surface area contributed by atoms with Gasteiger partial charge in [-0.3, -0.25) is 4.79 Å². The first-order chi connectivity index (χ1) is 13.7. The molecule has 1 aromatic carbocycles. The number of benzene rings is 1. The Bertz CT molecular complexity index is 929. The molecule has 2 N–H and O–H groups in total. The molecule has 4 rings (SSSR count). The zero-order chi connectivity index (χ0) is 19.3. The van der Waals surface area contributed by atoms with Crippen molar-refractivity contribution in [1.82, 2.24) is 10.2 Å². The maximum absolute atomic E-state index is 12.2. The quantitative estimate of drug-likeness (QED) is 0.594. The van der Waals surface area contributed by atoms with Gasteiger partial charge in [0, 0.05) is 24.1 Å². The molecule has 0 unspecified atom stereocenters. The second-order valence-electron chi connectivity index (χ2n) is 6.93. The Morgan fingerprint density at radius 1 is 1.18 bits per heavy atom. The van der Waals surface area contributed by atoms with E-state index in [0.29, 0.717) is 16.9 Å². The molecule has 1 amide bonds. The molecule has 1 aliphatic rings. The highest BCUT2D eigenvalue weighted by Crippen LogP contribution is 2.26. The number of hydrogen-bond donors (Lipinski definition) is 2. The van der Waals surface area contributed by atoms with Crippen LogP contribution in [0.2, 0.25) is 0 Å². The summed E-state index contributed by atoms with van der Waals surface area (Å²) in [5.74, 6) is 1.20. The molecule has 0 bridgehead atoms. The number of nitrogens with one attached hydrogen (secondary N) is 2. The summed E-state index contributed by atoms with van der Waals surface area (Å²) in [6, 6.07) is 9.87. The SMILES string of the molecule is Cc1occc1-c1nnc(SCC(=O)Nc2ccc(C[NH+]3CCCC3)cc2)o1. The van der Waals surface area contributed by atoms with Crippen LogP contribution in [0.5, 0.6) is 0 Å². The van der Waals surface area contributed by atoms with E-state index in [1.165, 1.54) is 43.3 Å². The van der Waals surface area contributed by atoms with E-state index in [-0.39, 0.29) is 11.7 Å². The van der Waals surface area contributed by atoms with Gasteiger partial charge in [-0.1, -0.05) is 23.9 Å². The number of rotatable bonds is 7. The number of furan rings is 1. The molecule has 2 aromatic heterocycles. The number of aromatic nitrogens is 2. The fraction of sp³-hybridized carbons (Fsp3) is 0.350. The third kappa shape index (κ3) is 4.63. The van der Waals surface area contributed by atoms with Crippen LogP contribution < -0.4 is 10.2 Å². The van der Waals surface area contributed by atoms with E-state index >= 15 is 0 Å². The molecule has 0 aliphatic carbocycles. The van der Waals surface area contributed by atoms with Crippen LogP contribution in [0.25, 0.3) is 11.5 Å². The Morgan fingerprint density at radius 3 is 2.68 bits per heavy atom. The number of carbonyl (C=O) groups excluding carboxylic acids is 1. The lowest BCUT2D eigenvalue weighted by atomic mass is 10.2. The molecular formula is C20H23N4O3S+. The van der Waals surface area contributed by atoms with Gasteiger partial charge in [0.2, 0.25) is 5.91 Å². The number of aryl methyl sites for hydroxylation is 1. The van der Waals surface area contributed by atoms with Crippen LogP contribution in [0.4, 0.5) is 5.69 Å². The molecule has 28 heavy (non-hydrogen) atoms. The first-order valence-corrected chi connectivity index (χ1v) is 10.4. The van der Waals surface area contributed by atoms with Gasteiger partial charge >= 0.3 is 0 Å². The van der Waals surface area contributed by atoms with Gasteiger partial charge < -0.3 is 19.1 Å². The van der Waals surface area contributed by atoms with Gasteiger partial charge in [0.05, 0.1) is 30.7 Å². The van der Waals surface area contributed by atoms with Crippen LogP contribution in [-0.4, -0.2) is 34.9 Å². The number of likely N-dealkylation sites (tertiary alicyclic amines) is 1. The summed E-state index contributed by atoms with van der Waals surface area (Å²) < 4.78 is 10.8. The summed E-state index contributed by atoms with van der Waals surface area (Å²) in [6.45, 7) is 5.40. The lowest BCUT2D eigenvalue weighted by molar-refractivity contribution is -0.901. The number of hydrogen-bond acceptors (Lipinski definition) is 6. The zero-order valence-corrected chi connectivity index (χ0v) is 16.6. The topological polar surface area (TPSA) is 85.6 Å². The Morgan fingerprint density at radius 2 is 1.96 bits per heavy atom. The van der Waals surface area contributed by atoms with E-state index in [1.807, 2.05) is 19.1 Å². The van der Waals surface area contributed by atoms with Gasteiger partial charge in [-0.15, -0.1) is 10.2 Å². The molecule has 8 heteroatoms. The molecule has 0 spiro atoms. The average molecular weight is 399 g/mol. The second kappa shape index (κ2) is 8.62. The molecule has 0 atom stereocenters. The van der Waals surface area contributed by atoms with Gasteiger partial charge in [-0.25, -0.2) is 0 Å². The fourth-order valence-corrected chi connectivity index (χ4v) is 3.92. The summed E-state index contributed by atoms with van der Waals surface area (Å²) in [5.41, 5.74) is 2.86. The first kappa shape index (κ1) is 18.8. The van der Waals surface area contributed by atoms with Crippen LogP contribution in [0.15, 0.2) is 50.7 Å². The van der Waals surface area contributed by atoms with Gasteiger partial charge in [0.1, 0.15) is 12.3 Å². The van der Waals surface area contributed by atoms with Crippen molar-refractivity contribution >= 4 is 23.4 Å². The van der Waals surface area contributed by atoms with Crippen LogP contribution in [-0.2, 0) is 11.3 Å². The maximum Gasteiger partial charge on any atom is 0.277 e. The highest BCUT2D eigenvalue weighted by atomic mass is 32.2. The standard InChI is InChI=1S/C20H22N4O3S/c1-14-17(8-11-26-14)19-22-23-20(27-19)28-13-18(25)21-16-6-4-15(5-7-16)12-24-9-2-3-10-24/h4-8,11H,2-3,9-10,12-13H2,1H3,(H,21,25)/p+1. The number of carbonyl (C=O) groups is 1. The average Bonchev–Trinajstić information content (AvgIpc) is 3.44. The molecule has 0 radical (unpaired) electrons. The molecule has 146 valence electrons. The maximum atomic E-state index is 12.2. The number of nitrogens with zero attached hydrogens (tertiary/aromatic N) is 2.